The number of hydrazone groups is 1. The van der Waals surface area contributed by atoms with Gasteiger partial charge >= 0.3 is 0 Å². The van der Waals surface area contributed by atoms with E-state index < -0.39 is 0 Å². The number of hydrogen-bond donors (Lipinski definition) is 2. The van der Waals surface area contributed by atoms with E-state index >= 15 is 0 Å². The van der Waals surface area contributed by atoms with Crippen molar-refractivity contribution < 1.29 is 19.1 Å². The molecule has 2 amide bonds. The first-order valence-corrected chi connectivity index (χ1v) is 7.54. The minimum atomic E-state index is -0.274. The van der Waals surface area contributed by atoms with Gasteiger partial charge in [0.25, 0.3) is 5.91 Å². The van der Waals surface area contributed by atoms with Crippen LogP contribution in [0.2, 0.25) is 0 Å². The molecular weight excluding hydrogens is 322 g/mol. The lowest BCUT2D eigenvalue weighted by Gasteiger charge is -2.11. The SMILES string of the molecule is COc1cc(/C=N\NC(C)=O)ccc1OCC(=O)Nc1ccccc1. The van der Waals surface area contributed by atoms with Gasteiger partial charge in [-0.2, -0.15) is 5.10 Å². The molecule has 0 aliphatic rings. The quantitative estimate of drug-likeness (QED) is 0.597. The Morgan fingerprint density at radius 3 is 2.56 bits per heavy atom. The third-order valence-corrected chi connectivity index (χ3v) is 3.04. The Balaban J connectivity index is 1.96. The molecule has 2 N–H and O–H groups in total. The van der Waals surface area contributed by atoms with E-state index in [0.29, 0.717) is 22.7 Å². The maximum atomic E-state index is 11.9. The van der Waals surface area contributed by atoms with E-state index in [1.807, 2.05) is 18.2 Å². The maximum absolute atomic E-state index is 11.9. The molecule has 0 spiro atoms. The van der Waals surface area contributed by atoms with Gasteiger partial charge in [0.05, 0.1) is 13.3 Å². The molecule has 2 aromatic carbocycles. The molecule has 0 saturated heterocycles. The van der Waals surface area contributed by atoms with E-state index in [9.17, 15) is 9.59 Å². The Morgan fingerprint density at radius 1 is 1.12 bits per heavy atom. The molecule has 0 aliphatic heterocycles. The van der Waals surface area contributed by atoms with Crippen LogP contribution in [0.4, 0.5) is 5.69 Å². The van der Waals surface area contributed by atoms with Gasteiger partial charge in [0.1, 0.15) is 0 Å². The number of nitrogens with zero attached hydrogens (tertiary/aromatic N) is 1. The normalized spacial score (nSPS) is 10.3. The highest BCUT2D eigenvalue weighted by molar-refractivity contribution is 5.91. The smallest absolute Gasteiger partial charge is 0.262 e. The summed E-state index contributed by atoms with van der Waals surface area (Å²) in [5.41, 5.74) is 3.73. The van der Waals surface area contributed by atoms with Crippen LogP contribution in [0.5, 0.6) is 11.5 Å². The van der Waals surface area contributed by atoms with Crippen LogP contribution in [0.3, 0.4) is 0 Å². The van der Waals surface area contributed by atoms with Crippen LogP contribution >= 0.6 is 0 Å². The average Bonchev–Trinajstić information content (AvgIpc) is 2.61. The number of rotatable bonds is 7. The minimum Gasteiger partial charge on any atom is -0.493 e. The zero-order valence-electron chi connectivity index (χ0n) is 14.0. The van der Waals surface area contributed by atoms with E-state index in [1.54, 1.807) is 30.3 Å². The van der Waals surface area contributed by atoms with Crippen LogP contribution in [0.15, 0.2) is 53.6 Å². The monoisotopic (exact) mass is 341 g/mol. The highest BCUT2D eigenvalue weighted by Crippen LogP contribution is 2.27. The van der Waals surface area contributed by atoms with Crippen molar-refractivity contribution in [2.24, 2.45) is 5.10 Å². The zero-order valence-corrected chi connectivity index (χ0v) is 14.0. The Hall–Kier alpha value is -3.35. The second-order valence-electron chi connectivity index (χ2n) is 5.04. The summed E-state index contributed by atoms with van der Waals surface area (Å²) in [7, 11) is 1.50. The van der Waals surface area contributed by atoms with Crippen molar-refractivity contribution in [1.29, 1.82) is 0 Å². The number of para-hydroxylation sites is 1. The number of methoxy groups -OCH3 is 1. The number of amides is 2. The number of anilines is 1. The third-order valence-electron chi connectivity index (χ3n) is 3.04. The molecule has 7 heteroatoms. The number of benzene rings is 2. The second kappa shape index (κ2) is 9.07. The van der Waals surface area contributed by atoms with Crippen molar-refractivity contribution in [3.05, 3.63) is 54.1 Å². The van der Waals surface area contributed by atoms with Gasteiger partial charge in [-0.15, -0.1) is 0 Å². The number of nitrogens with one attached hydrogen (secondary N) is 2. The summed E-state index contributed by atoms with van der Waals surface area (Å²) in [6.45, 7) is 1.22. The molecule has 0 bridgehead atoms. The Labute approximate surface area is 145 Å². The summed E-state index contributed by atoms with van der Waals surface area (Å²) >= 11 is 0. The van der Waals surface area contributed by atoms with Gasteiger partial charge in [0.15, 0.2) is 18.1 Å². The number of hydrogen-bond acceptors (Lipinski definition) is 5. The zero-order chi connectivity index (χ0) is 18.1. The Morgan fingerprint density at radius 2 is 1.88 bits per heavy atom. The molecule has 25 heavy (non-hydrogen) atoms. The molecule has 0 aromatic heterocycles. The largest absolute Gasteiger partial charge is 0.493 e. The van der Waals surface area contributed by atoms with Crippen LogP contribution in [0, 0.1) is 0 Å². The molecule has 0 unspecified atom stereocenters. The number of carbonyl (C=O) groups excluding carboxylic acids is 2. The molecule has 130 valence electrons. The summed E-state index contributed by atoms with van der Waals surface area (Å²) in [6.07, 6.45) is 1.48. The van der Waals surface area contributed by atoms with Crippen LogP contribution in [0.1, 0.15) is 12.5 Å². The molecule has 0 heterocycles. The van der Waals surface area contributed by atoms with E-state index in [-0.39, 0.29) is 18.4 Å². The fourth-order valence-corrected chi connectivity index (χ4v) is 1.94. The van der Waals surface area contributed by atoms with Crippen LogP contribution in [0.25, 0.3) is 0 Å². The van der Waals surface area contributed by atoms with Crippen LogP contribution in [-0.4, -0.2) is 31.7 Å². The van der Waals surface area contributed by atoms with Crippen LogP contribution in [-0.2, 0) is 9.59 Å². The van der Waals surface area contributed by atoms with E-state index in [1.165, 1.54) is 20.2 Å². The highest BCUT2D eigenvalue weighted by atomic mass is 16.5. The van der Waals surface area contributed by atoms with Gasteiger partial charge in [-0.25, -0.2) is 5.43 Å². The molecule has 0 radical (unpaired) electrons. The molecule has 2 aromatic rings. The van der Waals surface area contributed by atoms with Gasteiger partial charge in [0, 0.05) is 12.6 Å². The second-order valence-corrected chi connectivity index (χ2v) is 5.04. The predicted molar refractivity (Wildman–Crippen MR) is 95.0 cm³/mol. The molecule has 0 aliphatic carbocycles. The number of ether oxygens (including phenoxy) is 2. The topological polar surface area (TPSA) is 89.0 Å². The van der Waals surface area contributed by atoms with Gasteiger partial charge in [-0.3, -0.25) is 9.59 Å². The van der Waals surface area contributed by atoms with Gasteiger partial charge in [-0.1, -0.05) is 18.2 Å². The fraction of sp³-hybridized carbons (Fsp3) is 0.167. The minimum absolute atomic E-state index is 0.148. The Kier molecular flexibility index (Phi) is 6.53. The summed E-state index contributed by atoms with van der Waals surface area (Å²) in [4.78, 5) is 22.7. The van der Waals surface area contributed by atoms with Gasteiger partial charge < -0.3 is 14.8 Å². The van der Waals surface area contributed by atoms with Crippen LogP contribution < -0.4 is 20.2 Å². The molecule has 7 nitrogen and oxygen atoms in total. The summed E-state index contributed by atoms with van der Waals surface area (Å²) < 4.78 is 10.8. The van der Waals surface area contributed by atoms with Gasteiger partial charge in [-0.05, 0) is 35.9 Å². The lowest BCUT2D eigenvalue weighted by Crippen LogP contribution is -2.20. The summed E-state index contributed by atoms with van der Waals surface area (Å²) in [5.74, 6) is 0.360. The van der Waals surface area contributed by atoms with Gasteiger partial charge in [0.2, 0.25) is 5.91 Å². The maximum Gasteiger partial charge on any atom is 0.262 e. The summed E-state index contributed by atoms with van der Waals surface area (Å²) in [5, 5.41) is 6.52. The first kappa shape index (κ1) is 18.0. The van der Waals surface area contributed by atoms with Crippen molar-refractivity contribution in [2.75, 3.05) is 19.0 Å². The summed E-state index contributed by atoms with van der Waals surface area (Å²) in [6, 6.07) is 14.2. The standard InChI is InChI=1S/C18H19N3O4/c1-13(22)21-19-11-14-8-9-16(17(10-14)24-2)25-12-18(23)20-15-6-4-3-5-7-15/h3-11H,12H2,1-2H3,(H,20,23)(H,21,22)/b19-11-. The van der Waals surface area contributed by atoms with Crippen molar-refractivity contribution in [3.8, 4) is 11.5 Å². The predicted octanol–water partition coefficient (Wildman–Crippen LogP) is 2.18. The lowest BCUT2D eigenvalue weighted by atomic mass is 10.2. The molecule has 0 atom stereocenters. The van der Waals surface area contributed by atoms with E-state index in [2.05, 4.69) is 15.8 Å². The Bertz CT molecular complexity index is 760. The van der Waals surface area contributed by atoms with Crippen molar-refractivity contribution in [2.45, 2.75) is 6.92 Å². The van der Waals surface area contributed by atoms with E-state index in [0.717, 1.165) is 0 Å². The molecule has 0 fully saturated rings. The molecule has 0 saturated carbocycles. The third kappa shape index (κ3) is 5.98. The first-order chi connectivity index (χ1) is 12.1. The highest BCUT2D eigenvalue weighted by Gasteiger charge is 2.08. The van der Waals surface area contributed by atoms with Crippen molar-refractivity contribution >= 4 is 23.7 Å². The molecular formula is C18H19N3O4. The molecule has 2 rings (SSSR count). The van der Waals surface area contributed by atoms with E-state index in [4.69, 9.17) is 9.47 Å². The van der Waals surface area contributed by atoms with Crippen molar-refractivity contribution in [1.82, 2.24) is 5.43 Å². The first-order valence-electron chi connectivity index (χ1n) is 7.54. The lowest BCUT2D eigenvalue weighted by molar-refractivity contribution is -0.119. The fourth-order valence-electron chi connectivity index (χ4n) is 1.94. The van der Waals surface area contributed by atoms with Crippen molar-refractivity contribution in [3.63, 3.8) is 0 Å². The number of carbonyl (C=O) groups is 2. The average molecular weight is 341 g/mol.